The first-order valence-corrected chi connectivity index (χ1v) is 21.6. The molecule has 16 nitrogen and oxygen atoms in total. The molecule has 320 valence electrons. The van der Waals surface area contributed by atoms with Crippen LogP contribution in [0.3, 0.4) is 0 Å². The monoisotopic (exact) mass is 848 g/mol. The van der Waals surface area contributed by atoms with Gasteiger partial charge in [-0.15, -0.1) is 0 Å². The number of nitrogens with one attached hydrogen (secondary N) is 4. The molecule has 4 N–H and O–H groups in total. The molecule has 0 unspecified atom stereocenters. The van der Waals surface area contributed by atoms with Crippen LogP contribution in [-0.2, 0) is 19.1 Å². The number of aromatic nitrogens is 6. The lowest BCUT2D eigenvalue weighted by Gasteiger charge is -2.32. The van der Waals surface area contributed by atoms with Crippen molar-refractivity contribution >= 4 is 68.8 Å². The van der Waals surface area contributed by atoms with Crippen LogP contribution in [0.4, 0.5) is 9.59 Å². The van der Waals surface area contributed by atoms with Crippen LogP contribution < -0.4 is 10.6 Å². The molecular weight excluding hydrogens is 797 g/mol. The SMILES string of the molecule is COC(=O)N[C@H](C(=O)N1[C@@H](C)CC[C@H]1c1nc2ccc(-c3ccc(-c4ccc5nc([C@@H]6CC[C@H](C)N6C(=O)[C@@H](NC(=O)OC)C(C)C)[nH]c5c4)c4nsnc34)cc2[nH]1)C(C)C. The van der Waals surface area contributed by atoms with Gasteiger partial charge in [-0.1, -0.05) is 52.0 Å². The molecule has 8 rings (SSSR count). The lowest BCUT2D eigenvalue weighted by Crippen LogP contribution is -2.52. The van der Waals surface area contributed by atoms with Gasteiger partial charge in [0.1, 0.15) is 34.8 Å². The summed E-state index contributed by atoms with van der Waals surface area (Å²) >= 11 is 1.16. The molecule has 2 aliphatic heterocycles. The third-order valence-electron chi connectivity index (χ3n) is 12.3. The molecule has 4 amide bonds. The molecule has 6 atom stereocenters. The number of H-pyrrole nitrogens is 2. The fraction of sp³-hybridized carbons (Fsp3) is 0.455. The number of alkyl carbamates (subject to hydrolysis) is 2. The summed E-state index contributed by atoms with van der Waals surface area (Å²) in [4.78, 5) is 72.7. The Balaban J connectivity index is 1.06. The predicted molar refractivity (Wildman–Crippen MR) is 232 cm³/mol. The van der Waals surface area contributed by atoms with Gasteiger partial charge in [-0.05, 0) is 86.8 Å². The smallest absolute Gasteiger partial charge is 0.407 e. The normalized spacial score (nSPS) is 20.2. The van der Waals surface area contributed by atoms with Crippen LogP contribution in [0, 0.1) is 11.8 Å². The van der Waals surface area contributed by atoms with Crippen molar-refractivity contribution in [1.29, 1.82) is 0 Å². The molecule has 2 saturated heterocycles. The van der Waals surface area contributed by atoms with Gasteiger partial charge in [0.15, 0.2) is 0 Å². The summed E-state index contributed by atoms with van der Waals surface area (Å²) in [5.41, 5.74) is 8.55. The second-order valence-electron chi connectivity index (χ2n) is 16.9. The number of likely N-dealkylation sites (tertiary alicyclic amines) is 2. The van der Waals surface area contributed by atoms with Crippen molar-refractivity contribution in [3.8, 4) is 22.3 Å². The van der Waals surface area contributed by atoms with E-state index in [0.29, 0.717) is 11.6 Å². The minimum absolute atomic E-state index is 0.0278. The highest BCUT2D eigenvalue weighted by molar-refractivity contribution is 7.00. The number of hydrogen-bond acceptors (Lipinski definition) is 11. The van der Waals surface area contributed by atoms with Crippen molar-refractivity contribution < 1.29 is 28.7 Å². The van der Waals surface area contributed by atoms with Crippen molar-refractivity contribution in [2.24, 2.45) is 11.8 Å². The molecule has 0 aliphatic carbocycles. The number of ether oxygens (including phenoxy) is 2. The second-order valence-corrected chi connectivity index (χ2v) is 17.4. The number of fused-ring (bicyclic) bond motifs is 3. The highest BCUT2D eigenvalue weighted by atomic mass is 32.1. The van der Waals surface area contributed by atoms with Crippen molar-refractivity contribution in [3.05, 3.63) is 60.2 Å². The van der Waals surface area contributed by atoms with Gasteiger partial charge in [0, 0.05) is 23.2 Å². The first-order valence-electron chi connectivity index (χ1n) is 20.9. The second kappa shape index (κ2) is 16.7. The van der Waals surface area contributed by atoms with E-state index in [9.17, 15) is 19.2 Å². The van der Waals surface area contributed by atoms with E-state index in [1.807, 2.05) is 75.6 Å². The van der Waals surface area contributed by atoms with Gasteiger partial charge in [-0.3, -0.25) is 9.59 Å². The lowest BCUT2D eigenvalue weighted by molar-refractivity contribution is -0.138. The van der Waals surface area contributed by atoms with Gasteiger partial charge in [0.25, 0.3) is 0 Å². The molecule has 6 aromatic rings. The number of nitrogens with zero attached hydrogens (tertiary/aromatic N) is 6. The fourth-order valence-electron chi connectivity index (χ4n) is 9.01. The highest BCUT2D eigenvalue weighted by Crippen LogP contribution is 2.40. The molecule has 2 fully saturated rings. The number of amides is 4. The molecule has 0 spiro atoms. The van der Waals surface area contributed by atoms with Crippen LogP contribution in [-0.4, -0.2) is 101 Å². The molecule has 0 saturated carbocycles. The number of methoxy groups -OCH3 is 2. The summed E-state index contributed by atoms with van der Waals surface area (Å²) in [5.74, 6) is 0.819. The number of imidazole rings is 2. The summed E-state index contributed by atoms with van der Waals surface area (Å²) in [5, 5.41) is 5.46. The van der Waals surface area contributed by atoms with E-state index < -0.39 is 24.3 Å². The van der Waals surface area contributed by atoms with E-state index in [1.54, 1.807) is 0 Å². The Morgan fingerprint density at radius 3 is 1.44 bits per heavy atom. The fourth-order valence-corrected chi connectivity index (χ4v) is 9.58. The van der Waals surface area contributed by atoms with Crippen molar-refractivity contribution in [2.75, 3.05) is 14.2 Å². The number of benzene rings is 3. The van der Waals surface area contributed by atoms with Crippen molar-refractivity contribution in [2.45, 2.75) is 103 Å². The molecule has 3 aromatic heterocycles. The molecule has 61 heavy (non-hydrogen) atoms. The molecule has 3 aromatic carbocycles. The third kappa shape index (κ3) is 7.75. The maximum absolute atomic E-state index is 13.9. The minimum atomic E-state index is -0.728. The van der Waals surface area contributed by atoms with Gasteiger partial charge < -0.3 is 39.9 Å². The minimum Gasteiger partial charge on any atom is -0.453 e. The summed E-state index contributed by atoms with van der Waals surface area (Å²) in [6, 6.07) is 14.2. The molecule has 2 aliphatic rings. The Hall–Kier alpha value is -6.10. The summed E-state index contributed by atoms with van der Waals surface area (Å²) < 4.78 is 19.1. The van der Waals surface area contributed by atoms with Gasteiger partial charge in [0.2, 0.25) is 11.8 Å². The average Bonchev–Trinajstić information content (AvgIpc) is 4.10. The van der Waals surface area contributed by atoms with E-state index in [4.69, 9.17) is 28.2 Å². The van der Waals surface area contributed by atoms with Gasteiger partial charge in [-0.2, -0.15) is 8.75 Å². The van der Waals surface area contributed by atoms with E-state index in [2.05, 4.69) is 44.9 Å². The maximum atomic E-state index is 13.9. The number of hydrogen-bond donors (Lipinski definition) is 4. The highest BCUT2D eigenvalue weighted by Gasteiger charge is 2.43. The van der Waals surface area contributed by atoms with E-state index in [0.717, 1.165) is 92.8 Å². The van der Waals surface area contributed by atoms with Gasteiger partial charge in [-0.25, -0.2) is 19.6 Å². The van der Waals surface area contributed by atoms with Crippen LogP contribution in [0.25, 0.3) is 55.4 Å². The van der Waals surface area contributed by atoms with Crippen LogP contribution >= 0.6 is 11.7 Å². The molecule has 17 heteroatoms. The largest absolute Gasteiger partial charge is 0.453 e. The average molecular weight is 849 g/mol. The van der Waals surface area contributed by atoms with Crippen LogP contribution in [0.2, 0.25) is 0 Å². The number of carbonyl (C=O) groups excluding carboxylic acids is 4. The molecular formula is C44H52N10O6S. The van der Waals surface area contributed by atoms with Crippen LogP contribution in [0.1, 0.15) is 91.0 Å². The van der Waals surface area contributed by atoms with E-state index >= 15 is 0 Å². The zero-order valence-corrected chi connectivity index (χ0v) is 36.4. The Morgan fingerprint density at radius 1 is 0.656 bits per heavy atom. The molecule has 0 bridgehead atoms. The quantitative estimate of drug-likeness (QED) is 0.106. The number of aromatic amines is 2. The first-order chi connectivity index (χ1) is 29.3. The van der Waals surface area contributed by atoms with Crippen LogP contribution in [0.5, 0.6) is 0 Å². The van der Waals surface area contributed by atoms with Crippen molar-refractivity contribution in [3.63, 3.8) is 0 Å². The standard InChI is InChI=1S/C44H52N10O6S/c1-21(2)35(49-43(57)59-7)41(55)53-23(5)9-17-33(53)39-45-29-15-11-25(19-31(29)47-39)27-13-14-28(38-37(27)51-61-52-38)26-12-16-30-32(20-26)48-40(46-30)34-18-10-24(6)54(34)42(56)36(22(3)4)50-44(58)60-8/h11-16,19-24,33-36H,9-10,17-18H2,1-8H3,(H,45,47)(H,46,48)(H,49,57)(H,50,58)/t23-,24-,33-,34-,35-,36-/m0/s1. The van der Waals surface area contributed by atoms with Crippen molar-refractivity contribution in [1.82, 2.24) is 49.1 Å². The van der Waals surface area contributed by atoms with E-state index in [-0.39, 0.29) is 47.8 Å². The number of rotatable bonds is 10. The predicted octanol–water partition coefficient (Wildman–Crippen LogP) is 7.64. The summed E-state index contributed by atoms with van der Waals surface area (Å²) in [7, 11) is 2.58. The maximum Gasteiger partial charge on any atom is 0.407 e. The first kappa shape index (κ1) is 41.6. The zero-order valence-electron chi connectivity index (χ0n) is 35.6. The third-order valence-corrected chi connectivity index (χ3v) is 12.8. The molecule has 5 heterocycles. The van der Waals surface area contributed by atoms with Gasteiger partial charge in [0.05, 0.1) is 60.1 Å². The summed E-state index contributed by atoms with van der Waals surface area (Å²) in [6.45, 7) is 11.7. The topological polar surface area (TPSA) is 200 Å². The van der Waals surface area contributed by atoms with E-state index in [1.165, 1.54) is 14.2 Å². The number of carbonyl (C=O) groups is 4. The summed E-state index contributed by atoms with van der Waals surface area (Å²) in [6.07, 6.45) is 1.84. The molecule has 0 radical (unpaired) electrons. The Morgan fingerprint density at radius 2 is 1.07 bits per heavy atom. The zero-order chi connectivity index (χ0) is 43.3. The van der Waals surface area contributed by atoms with Gasteiger partial charge >= 0.3 is 12.2 Å². The Kier molecular flexibility index (Phi) is 11.4. The lowest BCUT2D eigenvalue weighted by atomic mass is 9.97. The Bertz CT molecular complexity index is 2460. The Labute approximate surface area is 357 Å². The van der Waals surface area contributed by atoms with Crippen LogP contribution in [0.15, 0.2) is 48.5 Å².